The van der Waals surface area contributed by atoms with Gasteiger partial charge in [-0.3, -0.25) is 0 Å². The Balaban J connectivity index is 2.35. The van der Waals surface area contributed by atoms with E-state index in [1.54, 1.807) is 78.2 Å². The monoisotopic (exact) mass is 630 g/mol. The Bertz CT molecular complexity index is 706. The van der Waals surface area contributed by atoms with Gasteiger partial charge in [0.05, 0.1) is 26.4 Å². The molecule has 0 N–H and O–H groups in total. The molecule has 15 heteroatoms. The predicted molar refractivity (Wildman–Crippen MR) is 150 cm³/mol. The van der Waals surface area contributed by atoms with Crippen LogP contribution >= 0.6 is 0 Å². The molecule has 2 rings (SSSR count). The maximum Gasteiger partial charge on any atom is 0.187 e. The molecule has 0 aromatic rings. The molecule has 0 aliphatic carbocycles. The molecule has 0 aromatic heterocycles. The van der Waals surface area contributed by atoms with E-state index in [4.69, 9.17) is 71.1 Å². The highest BCUT2D eigenvalue weighted by molar-refractivity contribution is 4.95. The number of hydrogen-bond donors (Lipinski definition) is 0. The predicted octanol–water partition coefficient (Wildman–Crippen LogP) is -0.103. The fourth-order valence-corrected chi connectivity index (χ4v) is 5.72. The van der Waals surface area contributed by atoms with Crippen LogP contribution in [0, 0.1) is 0 Å². The van der Waals surface area contributed by atoms with Crippen molar-refractivity contribution < 1.29 is 71.1 Å². The smallest absolute Gasteiger partial charge is 0.187 e. The van der Waals surface area contributed by atoms with Gasteiger partial charge in [0, 0.05) is 78.2 Å². The molecular weight excluding hydrogens is 576 g/mol. The van der Waals surface area contributed by atoms with Gasteiger partial charge in [0.15, 0.2) is 12.6 Å². The third-order valence-corrected chi connectivity index (χ3v) is 7.86. The van der Waals surface area contributed by atoms with Crippen LogP contribution in [0.4, 0.5) is 0 Å². The molecule has 2 saturated heterocycles. The third kappa shape index (κ3) is 9.70. The van der Waals surface area contributed by atoms with Crippen LogP contribution in [-0.2, 0) is 71.1 Å². The molecule has 0 saturated carbocycles. The standard InChI is InChI=1S/C28H54O15/c1-29-12-16(32-4)20(17(33-5)13-30-2)43-28-26(39-11)24(37-9)22(35-7)19(42-28)15-40-27-25(38-10)23(36-8)21(34-6)18(41-27)14-31-3/h16-28H,12-15H2,1-11H3/t16?,17?,18?,19-,20?,21?,22+,23?,24+,25?,26-,27?,28+/m1/s1. The summed E-state index contributed by atoms with van der Waals surface area (Å²) in [6.45, 7) is 0.756. The van der Waals surface area contributed by atoms with E-state index in [0.29, 0.717) is 0 Å². The summed E-state index contributed by atoms with van der Waals surface area (Å²) in [5.74, 6) is 0. The zero-order valence-corrected chi connectivity index (χ0v) is 27.5. The Morgan fingerprint density at radius 2 is 0.884 bits per heavy atom. The third-order valence-electron chi connectivity index (χ3n) is 7.86. The fraction of sp³-hybridized carbons (Fsp3) is 1.00. The maximum atomic E-state index is 6.55. The van der Waals surface area contributed by atoms with Gasteiger partial charge in [-0.05, 0) is 0 Å². The van der Waals surface area contributed by atoms with E-state index in [0.717, 1.165) is 0 Å². The van der Waals surface area contributed by atoms with E-state index in [1.165, 1.54) is 0 Å². The van der Waals surface area contributed by atoms with E-state index >= 15 is 0 Å². The van der Waals surface area contributed by atoms with Crippen molar-refractivity contribution in [3.05, 3.63) is 0 Å². The Kier molecular flexibility index (Phi) is 18.4. The molecule has 256 valence electrons. The van der Waals surface area contributed by atoms with E-state index in [-0.39, 0.29) is 26.4 Å². The van der Waals surface area contributed by atoms with Crippen LogP contribution in [0.2, 0.25) is 0 Å². The van der Waals surface area contributed by atoms with Gasteiger partial charge >= 0.3 is 0 Å². The lowest BCUT2D eigenvalue weighted by molar-refractivity contribution is -0.352. The van der Waals surface area contributed by atoms with Gasteiger partial charge in [-0.1, -0.05) is 0 Å². The summed E-state index contributed by atoms with van der Waals surface area (Å²) in [6, 6.07) is 0. The van der Waals surface area contributed by atoms with Crippen LogP contribution < -0.4 is 0 Å². The SMILES string of the molecule is COCC(OC)C(O[C@@H]1O[C@H](COC2OC(COC)C(OC)C(OC)C2OC)[C@H](OC)[C@H](OC)[C@H]1OC)C(COC)OC. The molecular formula is C28H54O15. The molecule has 15 nitrogen and oxygen atoms in total. The summed E-state index contributed by atoms with van der Waals surface area (Å²) in [4.78, 5) is 0. The minimum atomic E-state index is -0.944. The minimum absolute atomic E-state index is 0.0230. The van der Waals surface area contributed by atoms with E-state index in [2.05, 4.69) is 0 Å². The largest absolute Gasteiger partial charge is 0.382 e. The van der Waals surface area contributed by atoms with E-state index in [1.807, 2.05) is 0 Å². The zero-order chi connectivity index (χ0) is 31.9. The molecule has 0 spiro atoms. The van der Waals surface area contributed by atoms with Gasteiger partial charge in [0.2, 0.25) is 0 Å². The second-order valence-electron chi connectivity index (χ2n) is 10.1. The summed E-state index contributed by atoms with van der Waals surface area (Å²) in [5, 5.41) is 0. The van der Waals surface area contributed by atoms with E-state index in [9.17, 15) is 0 Å². The van der Waals surface area contributed by atoms with Crippen LogP contribution in [-0.4, -0.2) is 184 Å². The minimum Gasteiger partial charge on any atom is -0.382 e. The highest BCUT2D eigenvalue weighted by atomic mass is 16.8. The molecule has 0 aromatic carbocycles. The molecule has 0 radical (unpaired) electrons. The van der Waals surface area contributed by atoms with Crippen LogP contribution in [0.15, 0.2) is 0 Å². The lowest BCUT2D eigenvalue weighted by Crippen LogP contribution is -2.64. The summed E-state index contributed by atoms with van der Waals surface area (Å²) < 4.78 is 87.8. The second kappa shape index (κ2) is 20.5. The number of ether oxygens (including phenoxy) is 15. The molecule has 0 amide bonds. The van der Waals surface area contributed by atoms with Crippen molar-refractivity contribution in [1.29, 1.82) is 0 Å². The number of hydrogen-bond acceptors (Lipinski definition) is 15. The average molecular weight is 631 g/mol. The fourth-order valence-electron chi connectivity index (χ4n) is 5.72. The maximum absolute atomic E-state index is 6.55. The molecule has 2 aliphatic rings. The van der Waals surface area contributed by atoms with Crippen molar-refractivity contribution in [1.82, 2.24) is 0 Å². The van der Waals surface area contributed by atoms with Crippen molar-refractivity contribution >= 4 is 0 Å². The summed E-state index contributed by atoms with van der Waals surface area (Å²) in [6.07, 6.45) is -8.03. The quantitative estimate of drug-likeness (QED) is 0.167. The van der Waals surface area contributed by atoms with Crippen molar-refractivity contribution in [3.8, 4) is 0 Å². The zero-order valence-electron chi connectivity index (χ0n) is 27.5. The molecule has 7 unspecified atom stereocenters. The van der Waals surface area contributed by atoms with Crippen LogP contribution in [0.1, 0.15) is 0 Å². The molecule has 0 bridgehead atoms. The van der Waals surface area contributed by atoms with Gasteiger partial charge < -0.3 is 71.1 Å². The van der Waals surface area contributed by atoms with Crippen LogP contribution in [0.3, 0.4) is 0 Å². The van der Waals surface area contributed by atoms with Crippen LogP contribution in [0.5, 0.6) is 0 Å². The van der Waals surface area contributed by atoms with Crippen molar-refractivity contribution in [2.75, 3.05) is 105 Å². The number of methoxy groups -OCH3 is 11. The first kappa shape index (κ1) is 38.6. The topological polar surface area (TPSA) is 138 Å². The summed E-state index contributed by atoms with van der Waals surface area (Å²) in [7, 11) is 17.3. The summed E-state index contributed by atoms with van der Waals surface area (Å²) in [5.41, 5.74) is 0. The lowest BCUT2D eigenvalue weighted by atomic mass is 9.97. The van der Waals surface area contributed by atoms with E-state index < -0.39 is 79.7 Å². The van der Waals surface area contributed by atoms with Gasteiger partial charge in [0.25, 0.3) is 0 Å². The Morgan fingerprint density at radius 3 is 1.28 bits per heavy atom. The first-order valence-corrected chi connectivity index (χ1v) is 14.1. The molecule has 2 aliphatic heterocycles. The Labute approximate surface area is 255 Å². The second-order valence-corrected chi connectivity index (χ2v) is 10.1. The van der Waals surface area contributed by atoms with Gasteiger partial charge in [-0.15, -0.1) is 0 Å². The molecule has 12 atom stereocenters. The normalized spacial score (nSPS) is 35.5. The van der Waals surface area contributed by atoms with Crippen molar-refractivity contribution in [3.63, 3.8) is 0 Å². The Hall–Kier alpha value is -0.600. The summed E-state index contributed by atoms with van der Waals surface area (Å²) >= 11 is 0. The van der Waals surface area contributed by atoms with Gasteiger partial charge in [0.1, 0.15) is 67.1 Å². The van der Waals surface area contributed by atoms with Crippen LogP contribution in [0.25, 0.3) is 0 Å². The van der Waals surface area contributed by atoms with Crippen molar-refractivity contribution in [2.45, 2.75) is 79.7 Å². The molecule has 2 heterocycles. The average Bonchev–Trinajstić information content (AvgIpc) is 3.03. The van der Waals surface area contributed by atoms with Gasteiger partial charge in [-0.2, -0.15) is 0 Å². The highest BCUT2D eigenvalue weighted by Crippen LogP contribution is 2.32. The molecule has 43 heavy (non-hydrogen) atoms. The first-order valence-electron chi connectivity index (χ1n) is 14.1. The van der Waals surface area contributed by atoms with Gasteiger partial charge in [-0.25, -0.2) is 0 Å². The first-order chi connectivity index (χ1) is 20.9. The number of rotatable bonds is 21. The lowest BCUT2D eigenvalue weighted by Gasteiger charge is -2.47. The molecule has 2 fully saturated rings. The van der Waals surface area contributed by atoms with Crippen molar-refractivity contribution in [2.24, 2.45) is 0 Å². The Morgan fingerprint density at radius 1 is 0.465 bits per heavy atom. The highest BCUT2D eigenvalue weighted by Gasteiger charge is 2.52.